The molecular weight excluding hydrogens is 198 g/mol. The van der Waals surface area contributed by atoms with Crippen LogP contribution in [0.15, 0.2) is 36.7 Å². The third kappa shape index (κ3) is 2.14. The Morgan fingerprint density at radius 2 is 2.12 bits per heavy atom. The molecule has 3 nitrogen and oxygen atoms in total. The molecule has 0 amide bonds. The van der Waals surface area contributed by atoms with Gasteiger partial charge in [0.05, 0.1) is 0 Å². The molecule has 0 radical (unpaired) electrons. The van der Waals surface area contributed by atoms with Gasteiger partial charge in [0, 0.05) is 31.5 Å². The van der Waals surface area contributed by atoms with Gasteiger partial charge in [0.1, 0.15) is 5.82 Å². The average Bonchev–Trinajstić information content (AvgIpc) is 2.73. The lowest BCUT2D eigenvalue weighted by Crippen LogP contribution is -2.12. The molecule has 1 aromatic heterocycles. The van der Waals surface area contributed by atoms with Gasteiger partial charge in [-0.2, -0.15) is 0 Å². The van der Waals surface area contributed by atoms with Gasteiger partial charge in [-0.15, -0.1) is 0 Å². The number of hydrogen-bond donors (Lipinski definition) is 1. The summed E-state index contributed by atoms with van der Waals surface area (Å²) < 4.78 is 2.05. The van der Waals surface area contributed by atoms with Gasteiger partial charge in [-0.3, -0.25) is 0 Å². The predicted molar refractivity (Wildman–Crippen MR) is 66.0 cm³/mol. The van der Waals surface area contributed by atoms with Crippen LogP contribution in [-0.4, -0.2) is 16.1 Å². The van der Waals surface area contributed by atoms with Gasteiger partial charge in [0.25, 0.3) is 0 Å². The van der Waals surface area contributed by atoms with E-state index < -0.39 is 0 Å². The van der Waals surface area contributed by atoms with Crippen LogP contribution in [0.2, 0.25) is 0 Å². The minimum absolute atomic E-state index is 0.888. The van der Waals surface area contributed by atoms with E-state index in [1.54, 1.807) is 0 Å². The van der Waals surface area contributed by atoms with Gasteiger partial charge >= 0.3 is 0 Å². The Labute approximate surface area is 96.1 Å². The fraction of sp³-hybridized carbons (Fsp3) is 0.308. The van der Waals surface area contributed by atoms with Crippen LogP contribution in [0.4, 0.5) is 0 Å². The third-order valence-electron chi connectivity index (χ3n) is 2.64. The van der Waals surface area contributed by atoms with E-state index in [9.17, 15) is 0 Å². The molecule has 16 heavy (non-hydrogen) atoms. The molecule has 2 rings (SSSR count). The monoisotopic (exact) mass is 215 g/mol. The van der Waals surface area contributed by atoms with Crippen molar-refractivity contribution in [3.63, 3.8) is 0 Å². The number of imidazole rings is 1. The van der Waals surface area contributed by atoms with Crippen LogP contribution in [-0.2, 0) is 13.6 Å². The van der Waals surface area contributed by atoms with E-state index in [0.717, 1.165) is 18.9 Å². The summed E-state index contributed by atoms with van der Waals surface area (Å²) in [6.45, 7) is 3.98. The molecule has 1 aromatic carbocycles. The molecule has 0 atom stereocenters. The van der Waals surface area contributed by atoms with Crippen LogP contribution in [0, 0.1) is 0 Å². The van der Waals surface area contributed by atoms with Crippen molar-refractivity contribution in [1.29, 1.82) is 0 Å². The van der Waals surface area contributed by atoms with Crippen LogP contribution in [0.3, 0.4) is 0 Å². The first kappa shape index (κ1) is 10.9. The first-order valence-corrected chi connectivity index (χ1v) is 5.59. The van der Waals surface area contributed by atoms with Gasteiger partial charge in [-0.25, -0.2) is 4.98 Å². The molecule has 1 heterocycles. The fourth-order valence-corrected chi connectivity index (χ4v) is 1.78. The first-order chi connectivity index (χ1) is 7.83. The molecule has 3 heteroatoms. The molecule has 0 bridgehead atoms. The zero-order valence-corrected chi connectivity index (χ0v) is 9.77. The molecule has 0 saturated heterocycles. The lowest BCUT2D eigenvalue weighted by Gasteiger charge is -2.09. The summed E-state index contributed by atoms with van der Waals surface area (Å²) in [5, 5.41) is 3.35. The van der Waals surface area contributed by atoms with Crippen LogP contribution in [0.5, 0.6) is 0 Å². The summed E-state index contributed by atoms with van der Waals surface area (Å²) in [7, 11) is 2.02. The van der Waals surface area contributed by atoms with E-state index in [1.165, 1.54) is 11.1 Å². The smallest absolute Gasteiger partial charge is 0.139 e. The quantitative estimate of drug-likeness (QED) is 0.847. The number of aromatic nitrogens is 2. The van der Waals surface area contributed by atoms with Crippen molar-refractivity contribution in [2.75, 3.05) is 6.54 Å². The number of hydrogen-bond acceptors (Lipinski definition) is 2. The topological polar surface area (TPSA) is 29.9 Å². The van der Waals surface area contributed by atoms with E-state index in [0.29, 0.717) is 0 Å². The number of nitrogens with one attached hydrogen (secondary N) is 1. The van der Waals surface area contributed by atoms with Crippen molar-refractivity contribution < 1.29 is 0 Å². The van der Waals surface area contributed by atoms with Crippen molar-refractivity contribution in [1.82, 2.24) is 14.9 Å². The Morgan fingerprint density at radius 3 is 2.81 bits per heavy atom. The largest absolute Gasteiger partial charge is 0.334 e. The molecule has 0 unspecified atom stereocenters. The molecule has 1 N–H and O–H groups in total. The Kier molecular flexibility index (Phi) is 3.37. The Hall–Kier alpha value is -1.61. The summed E-state index contributed by atoms with van der Waals surface area (Å²) in [5.74, 6) is 1.02. The van der Waals surface area contributed by atoms with Crippen molar-refractivity contribution in [3.8, 4) is 11.4 Å². The van der Waals surface area contributed by atoms with Gasteiger partial charge in [-0.1, -0.05) is 31.2 Å². The summed E-state index contributed by atoms with van der Waals surface area (Å²) in [4.78, 5) is 4.39. The summed E-state index contributed by atoms with van der Waals surface area (Å²) in [6.07, 6.45) is 3.80. The first-order valence-electron chi connectivity index (χ1n) is 5.59. The van der Waals surface area contributed by atoms with Crippen LogP contribution >= 0.6 is 0 Å². The second kappa shape index (κ2) is 4.94. The van der Waals surface area contributed by atoms with E-state index in [-0.39, 0.29) is 0 Å². The lowest BCUT2D eigenvalue weighted by atomic mass is 10.1. The Morgan fingerprint density at radius 1 is 1.31 bits per heavy atom. The van der Waals surface area contributed by atoms with Gasteiger partial charge in [0.2, 0.25) is 0 Å². The van der Waals surface area contributed by atoms with E-state index >= 15 is 0 Å². The van der Waals surface area contributed by atoms with E-state index in [1.807, 2.05) is 24.0 Å². The zero-order chi connectivity index (χ0) is 11.4. The van der Waals surface area contributed by atoms with Crippen molar-refractivity contribution in [2.45, 2.75) is 13.5 Å². The third-order valence-corrected chi connectivity index (χ3v) is 2.64. The molecule has 0 fully saturated rings. The SMILES string of the molecule is CCNCc1ccccc1-c1nccn1C. The minimum Gasteiger partial charge on any atom is -0.334 e. The number of benzene rings is 1. The highest BCUT2D eigenvalue weighted by atomic mass is 15.0. The molecule has 0 aliphatic carbocycles. The molecule has 0 spiro atoms. The normalized spacial score (nSPS) is 10.6. The number of aryl methyl sites for hydroxylation is 1. The van der Waals surface area contributed by atoms with E-state index in [4.69, 9.17) is 0 Å². The second-order valence-electron chi connectivity index (χ2n) is 3.80. The molecule has 2 aromatic rings. The van der Waals surface area contributed by atoms with Crippen LogP contribution in [0.25, 0.3) is 11.4 Å². The highest BCUT2D eigenvalue weighted by Gasteiger charge is 2.07. The standard InChI is InChI=1S/C13H17N3/c1-3-14-10-11-6-4-5-7-12(11)13-15-8-9-16(13)2/h4-9,14H,3,10H2,1-2H3. The molecule has 0 aliphatic rings. The van der Waals surface area contributed by atoms with E-state index in [2.05, 4.69) is 41.5 Å². The molecule has 0 aliphatic heterocycles. The van der Waals surface area contributed by atoms with Crippen LogP contribution < -0.4 is 5.32 Å². The number of rotatable bonds is 4. The Bertz CT molecular complexity index is 460. The maximum absolute atomic E-state index is 4.39. The molecule has 84 valence electrons. The predicted octanol–water partition coefficient (Wildman–Crippen LogP) is 2.20. The zero-order valence-electron chi connectivity index (χ0n) is 9.77. The number of nitrogens with zero attached hydrogens (tertiary/aromatic N) is 2. The molecular formula is C13H17N3. The van der Waals surface area contributed by atoms with Gasteiger partial charge in [-0.05, 0) is 12.1 Å². The second-order valence-corrected chi connectivity index (χ2v) is 3.80. The molecule has 0 saturated carbocycles. The maximum atomic E-state index is 4.39. The summed E-state index contributed by atoms with van der Waals surface area (Å²) >= 11 is 0. The highest BCUT2D eigenvalue weighted by Crippen LogP contribution is 2.21. The summed E-state index contributed by atoms with van der Waals surface area (Å²) in [6, 6.07) is 8.39. The van der Waals surface area contributed by atoms with Crippen LogP contribution in [0.1, 0.15) is 12.5 Å². The van der Waals surface area contributed by atoms with Crippen molar-refractivity contribution in [3.05, 3.63) is 42.2 Å². The van der Waals surface area contributed by atoms with Crippen molar-refractivity contribution in [2.24, 2.45) is 7.05 Å². The Balaban J connectivity index is 2.37. The average molecular weight is 215 g/mol. The van der Waals surface area contributed by atoms with Gasteiger partial charge < -0.3 is 9.88 Å². The minimum atomic E-state index is 0.888. The van der Waals surface area contributed by atoms with Crippen molar-refractivity contribution >= 4 is 0 Å². The lowest BCUT2D eigenvalue weighted by molar-refractivity contribution is 0.726. The summed E-state index contributed by atoms with van der Waals surface area (Å²) in [5.41, 5.74) is 2.50. The highest BCUT2D eigenvalue weighted by molar-refractivity contribution is 5.60. The maximum Gasteiger partial charge on any atom is 0.139 e. The van der Waals surface area contributed by atoms with Gasteiger partial charge in [0.15, 0.2) is 0 Å². The fourth-order valence-electron chi connectivity index (χ4n) is 1.78.